The molecule has 3 nitrogen and oxygen atoms in total. The number of nitrogens with zero attached hydrogens (tertiary/aromatic N) is 1. The Morgan fingerprint density at radius 1 is 1.41 bits per heavy atom. The summed E-state index contributed by atoms with van der Waals surface area (Å²) in [7, 11) is 1.64. The zero-order valence-corrected chi connectivity index (χ0v) is 12.0. The van der Waals surface area contributed by atoms with Crippen molar-refractivity contribution in [1.82, 2.24) is 4.90 Å². The summed E-state index contributed by atoms with van der Waals surface area (Å²) in [5.41, 5.74) is 1.11. The van der Waals surface area contributed by atoms with Crippen LogP contribution in [0.5, 0.6) is 5.75 Å². The number of halogens is 1. The molecule has 1 aromatic carbocycles. The Hall–Kier alpha value is -1.03. The van der Waals surface area contributed by atoms with Gasteiger partial charge in [0, 0.05) is 13.1 Å². The van der Waals surface area contributed by atoms with E-state index in [4.69, 9.17) is 4.74 Å². The van der Waals surface area contributed by atoms with Crippen LogP contribution in [-0.4, -0.2) is 29.3 Å². The van der Waals surface area contributed by atoms with E-state index in [9.17, 15) is 4.79 Å². The number of ether oxygens (including phenoxy) is 1. The Bertz CT molecular complexity index is 362. The van der Waals surface area contributed by atoms with Crippen LogP contribution in [0, 0.1) is 0 Å². The van der Waals surface area contributed by atoms with Crippen LogP contribution in [0.15, 0.2) is 24.3 Å². The molecule has 0 aliphatic carbocycles. The van der Waals surface area contributed by atoms with Crippen LogP contribution in [0.4, 0.5) is 0 Å². The molecule has 1 rings (SSSR count). The third-order valence-electron chi connectivity index (χ3n) is 2.57. The lowest BCUT2D eigenvalue weighted by Crippen LogP contribution is -2.34. The lowest BCUT2D eigenvalue weighted by Gasteiger charge is -2.22. The summed E-state index contributed by atoms with van der Waals surface area (Å²) in [6.07, 6.45) is 0. The Morgan fingerprint density at radius 3 is 2.41 bits per heavy atom. The first kappa shape index (κ1) is 14.0. The molecule has 0 saturated heterocycles. The first-order valence-electron chi connectivity index (χ1n) is 5.64. The number of amides is 1. The summed E-state index contributed by atoms with van der Waals surface area (Å²) in [5.74, 6) is 0.945. The summed E-state index contributed by atoms with van der Waals surface area (Å²) >= 11 is 3.31. The molecule has 1 amide bonds. The number of carbonyl (C=O) groups is 1. The Balaban J connectivity index is 2.70. The SMILES string of the molecule is CCN(Cc1ccc(OC)cc1)C(=O)C(C)Br. The minimum atomic E-state index is -0.138. The van der Waals surface area contributed by atoms with Gasteiger partial charge in [0.25, 0.3) is 0 Å². The summed E-state index contributed by atoms with van der Waals surface area (Å²) in [4.78, 5) is 13.5. The molecule has 4 heteroatoms. The molecule has 0 heterocycles. The van der Waals surface area contributed by atoms with E-state index in [2.05, 4.69) is 15.9 Å². The molecule has 1 atom stereocenters. The van der Waals surface area contributed by atoms with Crippen molar-refractivity contribution in [2.45, 2.75) is 25.2 Å². The maximum Gasteiger partial charge on any atom is 0.236 e. The van der Waals surface area contributed by atoms with Crippen LogP contribution in [0.2, 0.25) is 0 Å². The number of benzene rings is 1. The van der Waals surface area contributed by atoms with Crippen molar-refractivity contribution < 1.29 is 9.53 Å². The van der Waals surface area contributed by atoms with Crippen molar-refractivity contribution in [3.8, 4) is 5.75 Å². The Morgan fingerprint density at radius 2 is 2.00 bits per heavy atom. The van der Waals surface area contributed by atoms with Crippen molar-refractivity contribution in [3.05, 3.63) is 29.8 Å². The maximum atomic E-state index is 11.9. The molecule has 0 fully saturated rings. The molecule has 0 N–H and O–H groups in total. The molecule has 0 radical (unpaired) electrons. The van der Waals surface area contributed by atoms with Gasteiger partial charge >= 0.3 is 0 Å². The lowest BCUT2D eigenvalue weighted by molar-refractivity contribution is -0.130. The number of carbonyl (C=O) groups excluding carboxylic acids is 1. The summed E-state index contributed by atoms with van der Waals surface area (Å²) < 4.78 is 5.10. The Labute approximate surface area is 111 Å². The molecule has 17 heavy (non-hydrogen) atoms. The highest BCUT2D eigenvalue weighted by Gasteiger charge is 2.16. The zero-order chi connectivity index (χ0) is 12.8. The number of alkyl halides is 1. The molecule has 0 aliphatic rings. The van der Waals surface area contributed by atoms with Gasteiger partial charge in [-0.25, -0.2) is 0 Å². The molecule has 0 spiro atoms. The van der Waals surface area contributed by atoms with E-state index in [-0.39, 0.29) is 10.7 Å². The molecular weight excluding hydrogens is 282 g/mol. The minimum absolute atomic E-state index is 0.114. The first-order chi connectivity index (χ1) is 8.08. The quantitative estimate of drug-likeness (QED) is 0.783. The van der Waals surface area contributed by atoms with Crippen LogP contribution < -0.4 is 4.74 Å². The van der Waals surface area contributed by atoms with Gasteiger partial charge in [0.1, 0.15) is 5.75 Å². The molecule has 0 bridgehead atoms. The van der Waals surface area contributed by atoms with Crippen LogP contribution in [-0.2, 0) is 11.3 Å². The summed E-state index contributed by atoms with van der Waals surface area (Å²) in [6.45, 7) is 5.17. The van der Waals surface area contributed by atoms with Gasteiger partial charge in [-0.15, -0.1) is 0 Å². The lowest BCUT2D eigenvalue weighted by atomic mass is 10.2. The van der Waals surface area contributed by atoms with E-state index in [0.717, 1.165) is 11.3 Å². The van der Waals surface area contributed by atoms with Crippen molar-refractivity contribution in [3.63, 3.8) is 0 Å². The second-order valence-corrected chi connectivity index (χ2v) is 5.19. The minimum Gasteiger partial charge on any atom is -0.497 e. The number of hydrogen-bond acceptors (Lipinski definition) is 2. The number of methoxy groups -OCH3 is 1. The van der Waals surface area contributed by atoms with Crippen molar-refractivity contribution in [1.29, 1.82) is 0 Å². The average Bonchev–Trinajstić information content (AvgIpc) is 2.35. The van der Waals surface area contributed by atoms with Gasteiger partial charge in [0.2, 0.25) is 5.91 Å². The number of rotatable bonds is 5. The highest BCUT2D eigenvalue weighted by Crippen LogP contribution is 2.14. The first-order valence-corrected chi connectivity index (χ1v) is 6.55. The highest BCUT2D eigenvalue weighted by atomic mass is 79.9. The highest BCUT2D eigenvalue weighted by molar-refractivity contribution is 9.10. The van der Waals surface area contributed by atoms with Gasteiger partial charge in [-0.3, -0.25) is 4.79 Å². The standard InChI is InChI=1S/C13H18BrNO2/c1-4-15(13(16)10(2)14)9-11-5-7-12(17-3)8-6-11/h5-8,10H,4,9H2,1-3H3. The molecule has 0 aromatic heterocycles. The van der Waals surface area contributed by atoms with E-state index in [1.54, 1.807) is 7.11 Å². The fraction of sp³-hybridized carbons (Fsp3) is 0.462. The molecule has 0 aliphatic heterocycles. The van der Waals surface area contributed by atoms with Gasteiger partial charge in [0.05, 0.1) is 11.9 Å². The van der Waals surface area contributed by atoms with Gasteiger partial charge in [0.15, 0.2) is 0 Å². The number of hydrogen-bond donors (Lipinski definition) is 0. The van der Waals surface area contributed by atoms with Crippen LogP contribution in [0.25, 0.3) is 0 Å². The van der Waals surface area contributed by atoms with Crippen molar-refractivity contribution >= 4 is 21.8 Å². The monoisotopic (exact) mass is 299 g/mol. The fourth-order valence-electron chi connectivity index (χ4n) is 1.55. The van der Waals surface area contributed by atoms with Crippen molar-refractivity contribution in [2.75, 3.05) is 13.7 Å². The zero-order valence-electron chi connectivity index (χ0n) is 10.4. The van der Waals surface area contributed by atoms with Crippen LogP contribution in [0.3, 0.4) is 0 Å². The van der Waals surface area contributed by atoms with E-state index < -0.39 is 0 Å². The predicted molar refractivity (Wildman–Crippen MR) is 72.5 cm³/mol. The van der Waals surface area contributed by atoms with Gasteiger partial charge < -0.3 is 9.64 Å². The molecular formula is C13H18BrNO2. The molecule has 94 valence electrons. The van der Waals surface area contributed by atoms with E-state index in [0.29, 0.717) is 13.1 Å². The summed E-state index contributed by atoms with van der Waals surface area (Å²) in [6, 6.07) is 7.78. The third kappa shape index (κ3) is 4.04. The molecule has 1 aromatic rings. The third-order valence-corrected chi connectivity index (χ3v) is 2.96. The topological polar surface area (TPSA) is 29.5 Å². The van der Waals surface area contributed by atoms with Crippen molar-refractivity contribution in [2.24, 2.45) is 0 Å². The van der Waals surface area contributed by atoms with Gasteiger partial charge in [-0.2, -0.15) is 0 Å². The van der Waals surface area contributed by atoms with Gasteiger partial charge in [-0.05, 0) is 31.5 Å². The second-order valence-electron chi connectivity index (χ2n) is 3.82. The summed E-state index contributed by atoms with van der Waals surface area (Å²) in [5, 5.41) is 0. The molecule has 0 saturated carbocycles. The van der Waals surface area contributed by atoms with E-state index >= 15 is 0 Å². The van der Waals surface area contributed by atoms with Crippen LogP contribution in [0.1, 0.15) is 19.4 Å². The smallest absolute Gasteiger partial charge is 0.236 e. The fourth-order valence-corrected chi connectivity index (χ4v) is 1.84. The Kier molecular flexibility index (Phi) is 5.48. The maximum absolute atomic E-state index is 11.9. The largest absolute Gasteiger partial charge is 0.497 e. The second kappa shape index (κ2) is 6.64. The van der Waals surface area contributed by atoms with E-state index in [1.165, 1.54) is 0 Å². The normalized spacial score (nSPS) is 12.0. The van der Waals surface area contributed by atoms with Gasteiger partial charge in [-0.1, -0.05) is 28.1 Å². The average molecular weight is 300 g/mol. The van der Waals surface area contributed by atoms with E-state index in [1.807, 2.05) is 43.0 Å². The predicted octanol–water partition coefficient (Wildman–Crippen LogP) is 2.83. The molecule has 1 unspecified atom stereocenters. The van der Waals surface area contributed by atoms with Crippen LogP contribution >= 0.6 is 15.9 Å².